The van der Waals surface area contributed by atoms with E-state index in [1.165, 1.54) is 0 Å². The SMILES string of the molecule is CC(NC(=O)NC[C@H](O)C(=O)O)C(=O)N1CCCCC1. The van der Waals surface area contributed by atoms with E-state index in [0.717, 1.165) is 19.3 Å². The van der Waals surface area contributed by atoms with Crippen LogP contribution in [0.2, 0.25) is 0 Å². The standard InChI is InChI=1S/C12H21N3O5/c1-8(10(17)15-5-3-2-4-6-15)14-12(20)13-7-9(16)11(18)19/h8-9,16H,2-7H2,1H3,(H,18,19)(H2,13,14,20)/t8?,9-/m0/s1. The maximum atomic E-state index is 12.0. The zero-order valence-corrected chi connectivity index (χ0v) is 11.5. The molecule has 0 spiro atoms. The van der Waals surface area contributed by atoms with Crippen molar-refractivity contribution in [1.82, 2.24) is 15.5 Å². The van der Waals surface area contributed by atoms with Crippen LogP contribution in [0.4, 0.5) is 4.79 Å². The summed E-state index contributed by atoms with van der Waals surface area (Å²) in [4.78, 5) is 35.6. The van der Waals surface area contributed by atoms with Crippen molar-refractivity contribution < 1.29 is 24.6 Å². The molecule has 3 amide bonds. The number of amides is 3. The average Bonchev–Trinajstić information content (AvgIpc) is 2.44. The van der Waals surface area contributed by atoms with Crippen molar-refractivity contribution in [3.8, 4) is 0 Å². The molecule has 1 aliphatic heterocycles. The van der Waals surface area contributed by atoms with Gasteiger partial charge in [-0.1, -0.05) is 0 Å². The number of carboxylic acids is 1. The van der Waals surface area contributed by atoms with Gasteiger partial charge in [0.2, 0.25) is 5.91 Å². The summed E-state index contributed by atoms with van der Waals surface area (Å²) in [5.41, 5.74) is 0. The van der Waals surface area contributed by atoms with Crippen molar-refractivity contribution >= 4 is 17.9 Å². The largest absolute Gasteiger partial charge is 0.479 e. The zero-order valence-electron chi connectivity index (χ0n) is 11.5. The molecule has 0 aromatic carbocycles. The number of hydrogen-bond donors (Lipinski definition) is 4. The van der Waals surface area contributed by atoms with E-state index in [2.05, 4.69) is 10.6 Å². The third-order valence-corrected chi connectivity index (χ3v) is 3.13. The Morgan fingerprint density at radius 1 is 1.20 bits per heavy atom. The summed E-state index contributed by atoms with van der Waals surface area (Å²) >= 11 is 0. The molecular formula is C12H21N3O5. The smallest absolute Gasteiger partial charge is 0.334 e. The molecule has 0 radical (unpaired) electrons. The van der Waals surface area contributed by atoms with Gasteiger partial charge in [-0.2, -0.15) is 0 Å². The number of piperidine rings is 1. The molecule has 20 heavy (non-hydrogen) atoms. The molecule has 4 N–H and O–H groups in total. The lowest BCUT2D eigenvalue weighted by Crippen LogP contribution is -2.52. The van der Waals surface area contributed by atoms with Crippen LogP contribution in [-0.4, -0.2) is 64.8 Å². The van der Waals surface area contributed by atoms with E-state index < -0.39 is 30.7 Å². The van der Waals surface area contributed by atoms with Crippen molar-refractivity contribution in [3.63, 3.8) is 0 Å². The van der Waals surface area contributed by atoms with Gasteiger partial charge in [0.05, 0.1) is 6.54 Å². The monoisotopic (exact) mass is 287 g/mol. The minimum atomic E-state index is -1.66. The highest BCUT2D eigenvalue weighted by Gasteiger charge is 2.23. The van der Waals surface area contributed by atoms with Crippen molar-refractivity contribution in [3.05, 3.63) is 0 Å². The Bertz CT molecular complexity index is 368. The van der Waals surface area contributed by atoms with Gasteiger partial charge in [0.25, 0.3) is 0 Å². The number of nitrogens with one attached hydrogen (secondary N) is 2. The van der Waals surface area contributed by atoms with E-state index in [1.807, 2.05) is 0 Å². The second-order valence-corrected chi connectivity index (χ2v) is 4.82. The molecule has 1 rings (SSSR count). The molecule has 8 nitrogen and oxygen atoms in total. The van der Waals surface area contributed by atoms with Crippen LogP contribution >= 0.6 is 0 Å². The lowest BCUT2D eigenvalue weighted by molar-refractivity contribution is -0.146. The molecule has 0 saturated carbocycles. The van der Waals surface area contributed by atoms with E-state index in [4.69, 9.17) is 10.2 Å². The molecule has 0 aromatic rings. The van der Waals surface area contributed by atoms with Gasteiger partial charge in [-0.25, -0.2) is 9.59 Å². The van der Waals surface area contributed by atoms with Gasteiger partial charge in [0.1, 0.15) is 6.04 Å². The Kier molecular flexibility index (Phi) is 6.23. The van der Waals surface area contributed by atoms with E-state index in [9.17, 15) is 14.4 Å². The van der Waals surface area contributed by atoms with Gasteiger partial charge in [0, 0.05) is 13.1 Å². The summed E-state index contributed by atoms with van der Waals surface area (Å²) in [6, 6.07) is -1.36. The third-order valence-electron chi connectivity index (χ3n) is 3.13. The maximum Gasteiger partial charge on any atom is 0.334 e. The molecule has 0 bridgehead atoms. The second kappa shape index (κ2) is 7.68. The quantitative estimate of drug-likeness (QED) is 0.524. The Hall–Kier alpha value is -1.83. The average molecular weight is 287 g/mol. The summed E-state index contributed by atoms with van der Waals surface area (Å²) in [5, 5.41) is 22.1. The molecule has 8 heteroatoms. The Morgan fingerprint density at radius 2 is 1.80 bits per heavy atom. The van der Waals surface area contributed by atoms with E-state index in [-0.39, 0.29) is 5.91 Å². The second-order valence-electron chi connectivity index (χ2n) is 4.82. The summed E-state index contributed by atoms with van der Waals surface area (Å²) in [5.74, 6) is -1.57. The first-order valence-corrected chi connectivity index (χ1v) is 6.66. The summed E-state index contributed by atoms with van der Waals surface area (Å²) in [6.45, 7) is 2.56. The topological polar surface area (TPSA) is 119 Å². The van der Waals surface area contributed by atoms with E-state index in [0.29, 0.717) is 13.1 Å². The van der Waals surface area contributed by atoms with Crippen LogP contribution in [0.3, 0.4) is 0 Å². The molecule has 1 unspecified atom stereocenters. The molecule has 0 aliphatic carbocycles. The van der Waals surface area contributed by atoms with Crippen molar-refractivity contribution in [1.29, 1.82) is 0 Å². The highest BCUT2D eigenvalue weighted by atomic mass is 16.4. The first kappa shape index (κ1) is 16.2. The number of rotatable bonds is 5. The Morgan fingerprint density at radius 3 is 2.35 bits per heavy atom. The van der Waals surface area contributed by atoms with Crippen LogP contribution in [0.15, 0.2) is 0 Å². The predicted molar refractivity (Wildman–Crippen MR) is 70.1 cm³/mol. The molecule has 0 aromatic heterocycles. The lowest BCUT2D eigenvalue weighted by atomic mass is 10.1. The van der Waals surface area contributed by atoms with Gasteiger partial charge in [0.15, 0.2) is 6.10 Å². The predicted octanol–water partition coefficient (Wildman–Crippen LogP) is -0.868. The van der Waals surface area contributed by atoms with Crippen molar-refractivity contribution in [2.24, 2.45) is 0 Å². The molecule has 2 atom stereocenters. The first-order valence-electron chi connectivity index (χ1n) is 6.66. The summed E-state index contributed by atoms with van der Waals surface area (Å²) in [6.07, 6.45) is 1.39. The van der Waals surface area contributed by atoms with Crippen molar-refractivity contribution in [2.75, 3.05) is 19.6 Å². The molecule has 1 fully saturated rings. The molecule has 114 valence electrons. The van der Waals surface area contributed by atoms with Crippen LogP contribution in [0, 0.1) is 0 Å². The number of urea groups is 1. The van der Waals surface area contributed by atoms with Gasteiger partial charge < -0.3 is 25.7 Å². The van der Waals surface area contributed by atoms with Crippen LogP contribution in [0.5, 0.6) is 0 Å². The Labute approximate surface area is 117 Å². The van der Waals surface area contributed by atoms with Crippen LogP contribution in [0.1, 0.15) is 26.2 Å². The van der Waals surface area contributed by atoms with Gasteiger partial charge in [-0.15, -0.1) is 0 Å². The fourth-order valence-electron chi connectivity index (χ4n) is 1.97. The minimum absolute atomic E-state index is 0.154. The minimum Gasteiger partial charge on any atom is -0.479 e. The Balaban J connectivity index is 2.33. The molecule has 1 aliphatic rings. The number of hydrogen-bond acceptors (Lipinski definition) is 4. The molecular weight excluding hydrogens is 266 g/mol. The highest BCUT2D eigenvalue weighted by Crippen LogP contribution is 2.09. The normalized spacial score (nSPS) is 18.0. The van der Waals surface area contributed by atoms with E-state index in [1.54, 1.807) is 11.8 Å². The van der Waals surface area contributed by atoms with Crippen LogP contribution < -0.4 is 10.6 Å². The van der Waals surface area contributed by atoms with Crippen molar-refractivity contribution in [2.45, 2.75) is 38.3 Å². The van der Waals surface area contributed by atoms with E-state index >= 15 is 0 Å². The van der Waals surface area contributed by atoms with Gasteiger partial charge in [-0.3, -0.25) is 4.79 Å². The fraction of sp³-hybridized carbons (Fsp3) is 0.750. The number of aliphatic hydroxyl groups excluding tert-OH is 1. The summed E-state index contributed by atoms with van der Waals surface area (Å²) in [7, 11) is 0. The number of aliphatic hydroxyl groups is 1. The number of carboxylic acid groups (broad SMARTS) is 1. The summed E-state index contributed by atoms with van der Waals surface area (Å²) < 4.78 is 0. The number of carbonyl (C=O) groups excluding carboxylic acids is 2. The van der Waals surface area contributed by atoms with Crippen LogP contribution in [0.25, 0.3) is 0 Å². The number of aliphatic carboxylic acids is 1. The highest BCUT2D eigenvalue weighted by molar-refractivity contribution is 5.87. The zero-order chi connectivity index (χ0) is 15.1. The number of likely N-dealkylation sites (tertiary alicyclic amines) is 1. The lowest BCUT2D eigenvalue weighted by Gasteiger charge is -2.29. The molecule has 1 heterocycles. The van der Waals surface area contributed by atoms with Crippen LogP contribution in [-0.2, 0) is 9.59 Å². The number of nitrogens with zero attached hydrogens (tertiary/aromatic N) is 1. The van der Waals surface area contributed by atoms with Gasteiger partial charge >= 0.3 is 12.0 Å². The molecule has 1 saturated heterocycles. The maximum absolute atomic E-state index is 12.0. The fourth-order valence-corrected chi connectivity index (χ4v) is 1.97. The number of carbonyl (C=O) groups is 3. The third kappa shape index (κ3) is 5.04. The van der Waals surface area contributed by atoms with Gasteiger partial charge in [-0.05, 0) is 26.2 Å². The first-order chi connectivity index (χ1) is 9.41.